The van der Waals surface area contributed by atoms with Crippen molar-refractivity contribution in [2.75, 3.05) is 11.9 Å². The second-order valence-electron chi connectivity index (χ2n) is 6.08. The molecule has 5 nitrogen and oxygen atoms in total. The van der Waals surface area contributed by atoms with Gasteiger partial charge in [-0.05, 0) is 43.3 Å². The monoisotopic (exact) mass is 355 g/mol. The van der Waals surface area contributed by atoms with Gasteiger partial charge in [-0.3, -0.25) is 9.48 Å². The van der Waals surface area contributed by atoms with Crippen LogP contribution < -0.4 is 10.1 Å². The number of benzene rings is 2. The topological polar surface area (TPSA) is 56.2 Å². The molecule has 0 saturated carbocycles. The first-order chi connectivity index (χ1) is 12.5. The van der Waals surface area contributed by atoms with Gasteiger partial charge < -0.3 is 10.1 Å². The van der Waals surface area contributed by atoms with Gasteiger partial charge in [-0.2, -0.15) is 5.10 Å². The Morgan fingerprint density at radius 1 is 1.15 bits per heavy atom. The number of nitrogens with one attached hydrogen (secondary N) is 1. The lowest BCUT2D eigenvalue weighted by atomic mass is 9.97. The Kier molecular flexibility index (Phi) is 3.72. The van der Waals surface area contributed by atoms with E-state index in [4.69, 9.17) is 4.74 Å². The van der Waals surface area contributed by atoms with E-state index in [1.54, 1.807) is 42.9 Å². The van der Waals surface area contributed by atoms with Gasteiger partial charge in [0.25, 0.3) is 5.91 Å². The van der Waals surface area contributed by atoms with Gasteiger partial charge in [0.05, 0.1) is 11.4 Å². The molecule has 0 bridgehead atoms. The summed E-state index contributed by atoms with van der Waals surface area (Å²) in [6, 6.07) is 9.15. The molecule has 1 aromatic heterocycles. The van der Waals surface area contributed by atoms with Crippen molar-refractivity contribution in [1.82, 2.24) is 9.78 Å². The van der Waals surface area contributed by atoms with Crippen LogP contribution in [0, 0.1) is 18.6 Å². The third-order valence-corrected chi connectivity index (χ3v) is 4.34. The number of hydrogen-bond acceptors (Lipinski definition) is 3. The quantitative estimate of drug-likeness (QED) is 0.763. The summed E-state index contributed by atoms with van der Waals surface area (Å²) in [6.07, 6.45) is 0. The number of aromatic nitrogens is 2. The van der Waals surface area contributed by atoms with Crippen molar-refractivity contribution in [3.8, 4) is 28.1 Å². The van der Waals surface area contributed by atoms with E-state index in [1.165, 1.54) is 12.1 Å². The van der Waals surface area contributed by atoms with Gasteiger partial charge in [0.1, 0.15) is 17.3 Å². The molecule has 1 amide bonds. The van der Waals surface area contributed by atoms with E-state index in [9.17, 15) is 9.18 Å². The highest BCUT2D eigenvalue weighted by atomic mass is 19.1. The number of ether oxygens (including phenoxy) is 1. The van der Waals surface area contributed by atoms with Crippen LogP contribution in [-0.4, -0.2) is 22.3 Å². The number of halogens is 2. The van der Waals surface area contributed by atoms with E-state index in [2.05, 4.69) is 10.4 Å². The van der Waals surface area contributed by atoms with Crippen LogP contribution in [0.4, 0.5) is 14.5 Å². The van der Waals surface area contributed by atoms with Crippen molar-refractivity contribution in [2.45, 2.75) is 6.92 Å². The minimum absolute atomic E-state index is 0.0204. The summed E-state index contributed by atoms with van der Waals surface area (Å²) >= 11 is 0. The Morgan fingerprint density at radius 3 is 2.62 bits per heavy atom. The number of carbonyl (C=O) groups is 1. The lowest BCUT2D eigenvalue weighted by molar-refractivity contribution is -0.118. The minimum Gasteiger partial charge on any atom is -0.481 e. The van der Waals surface area contributed by atoms with Crippen molar-refractivity contribution < 1.29 is 18.3 Å². The minimum atomic E-state index is -0.588. The number of aryl methyl sites for hydroxylation is 2. The fourth-order valence-corrected chi connectivity index (χ4v) is 3.23. The van der Waals surface area contributed by atoms with Gasteiger partial charge in [0, 0.05) is 23.7 Å². The van der Waals surface area contributed by atoms with Crippen LogP contribution in [0.3, 0.4) is 0 Å². The zero-order chi connectivity index (χ0) is 18.4. The SMILES string of the molecule is Cc1nn(C)c(-c2ccc(F)cc2)c1-c1ccc2c(c1F)NC(=O)CO2. The third kappa shape index (κ3) is 2.52. The van der Waals surface area contributed by atoms with Gasteiger partial charge in [0.2, 0.25) is 0 Å². The molecule has 0 radical (unpaired) electrons. The normalized spacial score (nSPS) is 13.2. The average molecular weight is 355 g/mol. The molecular formula is C19H15F2N3O2. The highest BCUT2D eigenvalue weighted by Crippen LogP contribution is 2.41. The third-order valence-electron chi connectivity index (χ3n) is 4.34. The molecule has 1 aliphatic heterocycles. The predicted molar refractivity (Wildman–Crippen MR) is 92.9 cm³/mol. The fraction of sp³-hybridized carbons (Fsp3) is 0.158. The molecular weight excluding hydrogens is 340 g/mol. The Labute approximate surface area is 148 Å². The molecule has 4 rings (SSSR count). The molecule has 0 atom stereocenters. The van der Waals surface area contributed by atoms with Crippen LogP contribution in [-0.2, 0) is 11.8 Å². The maximum absolute atomic E-state index is 15.2. The molecule has 0 fully saturated rings. The number of rotatable bonds is 2. The first-order valence-corrected chi connectivity index (χ1v) is 8.00. The number of nitrogens with zero attached hydrogens (tertiary/aromatic N) is 2. The molecule has 2 heterocycles. The average Bonchev–Trinajstić information content (AvgIpc) is 2.91. The van der Waals surface area contributed by atoms with Crippen molar-refractivity contribution >= 4 is 11.6 Å². The van der Waals surface area contributed by atoms with Crippen LogP contribution >= 0.6 is 0 Å². The fourth-order valence-electron chi connectivity index (χ4n) is 3.23. The van der Waals surface area contributed by atoms with Gasteiger partial charge in [0.15, 0.2) is 12.4 Å². The van der Waals surface area contributed by atoms with E-state index < -0.39 is 11.7 Å². The summed E-state index contributed by atoms with van der Waals surface area (Å²) < 4.78 is 35.3. The summed E-state index contributed by atoms with van der Waals surface area (Å²) in [5.41, 5.74) is 2.88. The van der Waals surface area contributed by atoms with Crippen molar-refractivity contribution in [3.63, 3.8) is 0 Å². The number of hydrogen-bond donors (Lipinski definition) is 1. The summed E-state index contributed by atoms with van der Waals surface area (Å²) in [6.45, 7) is 1.63. The Hall–Kier alpha value is -3.22. The van der Waals surface area contributed by atoms with E-state index >= 15 is 4.39 Å². The first kappa shape index (κ1) is 16.3. The number of amides is 1. The van der Waals surface area contributed by atoms with Crippen molar-refractivity contribution in [3.05, 3.63) is 53.7 Å². The number of fused-ring (bicyclic) bond motifs is 1. The molecule has 0 spiro atoms. The Bertz CT molecular complexity index is 1030. The van der Waals surface area contributed by atoms with Crippen LogP contribution in [0.25, 0.3) is 22.4 Å². The van der Waals surface area contributed by atoms with Crippen LogP contribution in [0.5, 0.6) is 5.75 Å². The largest absolute Gasteiger partial charge is 0.481 e. The first-order valence-electron chi connectivity index (χ1n) is 8.00. The second-order valence-corrected chi connectivity index (χ2v) is 6.08. The number of anilines is 1. The highest BCUT2D eigenvalue weighted by Gasteiger charge is 2.26. The zero-order valence-corrected chi connectivity index (χ0v) is 14.1. The molecule has 3 aromatic rings. The lowest BCUT2D eigenvalue weighted by Crippen LogP contribution is -2.26. The maximum atomic E-state index is 15.2. The summed E-state index contributed by atoms with van der Waals surface area (Å²) in [7, 11) is 1.75. The lowest BCUT2D eigenvalue weighted by Gasteiger charge is -2.20. The second kappa shape index (κ2) is 5.94. The molecule has 1 aliphatic rings. The van der Waals surface area contributed by atoms with Gasteiger partial charge in [-0.15, -0.1) is 0 Å². The van der Waals surface area contributed by atoms with Gasteiger partial charge >= 0.3 is 0 Å². The molecule has 1 N–H and O–H groups in total. The zero-order valence-electron chi connectivity index (χ0n) is 14.1. The van der Waals surface area contributed by atoms with E-state index in [0.29, 0.717) is 28.1 Å². The van der Waals surface area contributed by atoms with E-state index in [1.807, 2.05) is 0 Å². The van der Waals surface area contributed by atoms with E-state index in [0.717, 1.165) is 0 Å². The maximum Gasteiger partial charge on any atom is 0.262 e. The van der Waals surface area contributed by atoms with Crippen LogP contribution in [0.15, 0.2) is 36.4 Å². The summed E-state index contributed by atoms with van der Waals surface area (Å²) in [4.78, 5) is 11.6. The standard InChI is InChI=1S/C19H15F2N3O2/c1-10-16(19(24(2)23-10)11-3-5-12(20)6-4-11)13-7-8-14-18(17(13)21)22-15(25)9-26-14/h3-8H,9H2,1-2H3,(H,22,25). The summed E-state index contributed by atoms with van der Waals surface area (Å²) in [5, 5.41) is 6.91. The van der Waals surface area contributed by atoms with Crippen LogP contribution in [0.2, 0.25) is 0 Å². The Balaban J connectivity index is 1.93. The summed E-state index contributed by atoms with van der Waals surface area (Å²) in [5.74, 6) is -1.06. The van der Waals surface area contributed by atoms with Crippen molar-refractivity contribution in [2.24, 2.45) is 7.05 Å². The van der Waals surface area contributed by atoms with E-state index in [-0.39, 0.29) is 23.9 Å². The van der Waals surface area contributed by atoms with Gasteiger partial charge in [-0.1, -0.05) is 0 Å². The van der Waals surface area contributed by atoms with Crippen molar-refractivity contribution in [1.29, 1.82) is 0 Å². The molecule has 2 aromatic carbocycles. The van der Waals surface area contributed by atoms with Crippen LogP contribution in [0.1, 0.15) is 5.69 Å². The molecule has 0 aliphatic carbocycles. The number of carbonyl (C=O) groups excluding carboxylic acids is 1. The molecule has 7 heteroatoms. The highest BCUT2D eigenvalue weighted by molar-refractivity contribution is 5.97. The Morgan fingerprint density at radius 2 is 1.88 bits per heavy atom. The molecule has 0 saturated heterocycles. The molecule has 0 unspecified atom stereocenters. The molecule has 132 valence electrons. The smallest absolute Gasteiger partial charge is 0.262 e. The molecule has 26 heavy (non-hydrogen) atoms. The predicted octanol–water partition coefficient (Wildman–Crippen LogP) is 3.67. The van der Waals surface area contributed by atoms with Gasteiger partial charge in [-0.25, -0.2) is 8.78 Å².